The topological polar surface area (TPSA) is 50.0 Å². The predicted molar refractivity (Wildman–Crippen MR) is 92.6 cm³/mol. The van der Waals surface area contributed by atoms with Crippen molar-refractivity contribution >= 4 is 5.52 Å². The molecule has 1 aliphatic rings. The van der Waals surface area contributed by atoms with Gasteiger partial charge in [0, 0.05) is 36.9 Å². The Balaban J connectivity index is 1.70. The van der Waals surface area contributed by atoms with Gasteiger partial charge in [-0.15, -0.1) is 0 Å². The minimum Gasteiger partial charge on any atom is -0.392 e. The number of pyridine rings is 2. The molecule has 0 amide bonds. The lowest BCUT2D eigenvalue weighted by atomic mass is 10.1. The van der Waals surface area contributed by atoms with E-state index < -0.39 is 0 Å². The summed E-state index contributed by atoms with van der Waals surface area (Å²) in [5.74, 6) is 0. The number of rotatable bonds is 4. The number of aromatic nitrogens is 2. The molecule has 5 heteroatoms. The smallest absolute Gasteiger partial charge is 0.0877 e. The van der Waals surface area contributed by atoms with Crippen molar-refractivity contribution in [3.05, 3.63) is 59.9 Å². The van der Waals surface area contributed by atoms with Crippen LogP contribution in [0.1, 0.15) is 11.3 Å². The van der Waals surface area contributed by atoms with Gasteiger partial charge < -0.3 is 14.2 Å². The zero-order valence-electron chi connectivity index (χ0n) is 13.6. The van der Waals surface area contributed by atoms with E-state index in [9.17, 15) is 5.11 Å². The van der Waals surface area contributed by atoms with Crippen LogP contribution in [0.15, 0.2) is 48.7 Å². The van der Waals surface area contributed by atoms with Crippen LogP contribution in [0.25, 0.3) is 16.9 Å². The van der Waals surface area contributed by atoms with Gasteiger partial charge in [0.1, 0.15) is 0 Å². The van der Waals surface area contributed by atoms with Gasteiger partial charge in [0.15, 0.2) is 0 Å². The van der Waals surface area contributed by atoms with Gasteiger partial charge in [0.05, 0.1) is 36.9 Å². The molecule has 0 radical (unpaired) electrons. The summed E-state index contributed by atoms with van der Waals surface area (Å²) in [6, 6.07) is 14.2. The molecule has 0 spiro atoms. The molecule has 0 atom stereocenters. The SMILES string of the molecule is OCc1cc2ccccn2c1-c1cccc(CN2CCOCC2)n1. The number of hydrogen-bond acceptors (Lipinski definition) is 4. The van der Waals surface area contributed by atoms with Crippen LogP contribution in [0.4, 0.5) is 0 Å². The molecule has 1 N–H and O–H groups in total. The van der Waals surface area contributed by atoms with Crippen LogP contribution in [0.5, 0.6) is 0 Å². The predicted octanol–water partition coefficient (Wildman–Crippen LogP) is 2.33. The van der Waals surface area contributed by atoms with Gasteiger partial charge in [-0.05, 0) is 30.3 Å². The monoisotopic (exact) mass is 323 g/mol. The van der Waals surface area contributed by atoms with Crippen LogP contribution < -0.4 is 0 Å². The van der Waals surface area contributed by atoms with Crippen molar-refractivity contribution in [3.63, 3.8) is 0 Å². The fourth-order valence-electron chi connectivity index (χ4n) is 3.28. The molecule has 3 aromatic rings. The molecule has 1 saturated heterocycles. The fourth-order valence-corrected chi connectivity index (χ4v) is 3.28. The molecule has 0 saturated carbocycles. The summed E-state index contributed by atoms with van der Waals surface area (Å²) in [5, 5.41) is 9.75. The quantitative estimate of drug-likeness (QED) is 0.800. The first-order chi connectivity index (χ1) is 11.8. The number of fused-ring (bicyclic) bond motifs is 1. The second-order valence-corrected chi connectivity index (χ2v) is 6.07. The third-order valence-corrected chi connectivity index (χ3v) is 4.47. The average Bonchev–Trinajstić information content (AvgIpc) is 3.01. The second-order valence-electron chi connectivity index (χ2n) is 6.07. The second kappa shape index (κ2) is 6.73. The van der Waals surface area contributed by atoms with Crippen molar-refractivity contribution in [3.8, 4) is 11.4 Å². The summed E-state index contributed by atoms with van der Waals surface area (Å²) in [4.78, 5) is 7.21. The number of hydrogen-bond donors (Lipinski definition) is 1. The Kier molecular flexibility index (Phi) is 4.30. The highest BCUT2D eigenvalue weighted by molar-refractivity contribution is 5.69. The Morgan fingerprint density at radius 3 is 2.79 bits per heavy atom. The van der Waals surface area contributed by atoms with E-state index in [-0.39, 0.29) is 6.61 Å². The van der Waals surface area contributed by atoms with Crippen LogP contribution in [-0.4, -0.2) is 45.7 Å². The highest BCUT2D eigenvalue weighted by Gasteiger charge is 2.15. The number of nitrogens with zero attached hydrogens (tertiary/aromatic N) is 3. The third-order valence-electron chi connectivity index (χ3n) is 4.47. The van der Waals surface area contributed by atoms with E-state index in [1.807, 2.05) is 42.6 Å². The molecule has 24 heavy (non-hydrogen) atoms. The number of aliphatic hydroxyl groups is 1. The Bertz CT molecular complexity index is 837. The first-order valence-electron chi connectivity index (χ1n) is 8.31. The number of aliphatic hydroxyl groups excluding tert-OH is 1. The molecule has 4 heterocycles. The molecule has 0 aliphatic carbocycles. The summed E-state index contributed by atoms with van der Waals surface area (Å²) in [6.45, 7) is 4.31. The lowest BCUT2D eigenvalue weighted by Gasteiger charge is -2.26. The largest absolute Gasteiger partial charge is 0.392 e. The van der Waals surface area contributed by atoms with Crippen molar-refractivity contribution in [1.29, 1.82) is 0 Å². The Morgan fingerprint density at radius 1 is 1.08 bits per heavy atom. The van der Waals surface area contributed by atoms with Gasteiger partial charge in [0.2, 0.25) is 0 Å². The van der Waals surface area contributed by atoms with E-state index in [1.165, 1.54) is 0 Å². The maximum absolute atomic E-state index is 9.75. The van der Waals surface area contributed by atoms with E-state index >= 15 is 0 Å². The third kappa shape index (κ3) is 2.94. The van der Waals surface area contributed by atoms with Crippen molar-refractivity contribution in [1.82, 2.24) is 14.3 Å². The van der Waals surface area contributed by atoms with Crippen molar-refractivity contribution in [2.75, 3.05) is 26.3 Å². The van der Waals surface area contributed by atoms with Gasteiger partial charge in [-0.25, -0.2) is 4.98 Å². The maximum atomic E-state index is 9.75. The average molecular weight is 323 g/mol. The molecule has 4 rings (SSSR count). The zero-order chi connectivity index (χ0) is 16.4. The number of ether oxygens (including phenoxy) is 1. The normalized spacial score (nSPS) is 15.9. The van der Waals surface area contributed by atoms with E-state index in [1.54, 1.807) is 0 Å². The lowest BCUT2D eigenvalue weighted by Crippen LogP contribution is -2.35. The van der Waals surface area contributed by atoms with E-state index in [0.29, 0.717) is 0 Å². The molecule has 1 aliphatic heterocycles. The standard InChI is InChI=1S/C19H21N3O2/c23-14-15-12-17-5-1-2-7-22(17)19(15)18-6-3-4-16(20-18)13-21-8-10-24-11-9-21/h1-7,12,23H,8-11,13-14H2. The molecule has 0 aromatic carbocycles. The first kappa shape index (κ1) is 15.3. The summed E-state index contributed by atoms with van der Waals surface area (Å²) in [6.07, 6.45) is 2.01. The molecule has 1 fully saturated rings. The van der Waals surface area contributed by atoms with Crippen LogP contribution in [0.2, 0.25) is 0 Å². The molecular formula is C19H21N3O2. The van der Waals surface area contributed by atoms with Gasteiger partial charge in [0.25, 0.3) is 0 Å². The molecule has 124 valence electrons. The Morgan fingerprint density at radius 2 is 1.96 bits per heavy atom. The van der Waals surface area contributed by atoms with Crippen LogP contribution in [-0.2, 0) is 17.9 Å². The van der Waals surface area contributed by atoms with Crippen LogP contribution in [0, 0.1) is 0 Å². The van der Waals surface area contributed by atoms with Gasteiger partial charge in [-0.2, -0.15) is 0 Å². The Hall–Kier alpha value is -2.21. The fraction of sp³-hybridized carbons (Fsp3) is 0.316. The van der Waals surface area contributed by atoms with Crippen LogP contribution >= 0.6 is 0 Å². The minimum atomic E-state index is 0.00633. The van der Waals surface area contributed by atoms with Crippen molar-refractivity contribution < 1.29 is 9.84 Å². The molecular weight excluding hydrogens is 302 g/mol. The van der Waals surface area contributed by atoms with Gasteiger partial charge in [-0.1, -0.05) is 12.1 Å². The van der Waals surface area contributed by atoms with Crippen molar-refractivity contribution in [2.45, 2.75) is 13.2 Å². The molecule has 0 bridgehead atoms. The lowest BCUT2D eigenvalue weighted by molar-refractivity contribution is 0.0336. The van der Waals surface area contributed by atoms with E-state index in [2.05, 4.69) is 15.4 Å². The van der Waals surface area contributed by atoms with Crippen LogP contribution in [0.3, 0.4) is 0 Å². The molecule has 0 unspecified atom stereocenters. The highest BCUT2D eigenvalue weighted by Crippen LogP contribution is 2.26. The maximum Gasteiger partial charge on any atom is 0.0877 e. The van der Waals surface area contributed by atoms with E-state index in [0.717, 1.165) is 61.0 Å². The van der Waals surface area contributed by atoms with Gasteiger partial charge in [-0.3, -0.25) is 4.90 Å². The molecule has 3 aromatic heterocycles. The summed E-state index contributed by atoms with van der Waals surface area (Å²) < 4.78 is 7.50. The zero-order valence-corrected chi connectivity index (χ0v) is 13.6. The minimum absolute atomic E-state index is 0.00633. The number of morpholine rings is 1. The van der Waals surface area contributed by atoms with E-state index in [4.69, 9.17) is 9.72 Å². The van der Waals surface area contributed by atoms with Crippen molar-refractivity contribution in [2.24, 2.45) is 0 Å². The highest BCUT2D eigenvalue weighted by atomic mass is 16.5. The summed E-state index contributed by atoms with van der Waals surface area (Å²) in [7, 11) is 0. The first-order valence-corrected chi connectivity index (χ1v) is 8.31. The molecule has 5 nitrogen and oxygen atoms in total. The summed E-state index contributed by atoms with van der Waals surface area (Å²) >= 11 is 0. The summed E-state index contributed by atoms with van der Waals surface area (Å²) in [5.41, 5.74) is 4.88. The Labute approximate surface area is 141 Å². The van der Waals surface area contributed by atoms with Gasteiger partial charge >= 0.3 is 0 Å².